The number of methoxy groups -OCH3 is 1. The Balaban J connectivity index is 2.01. The highest BCUT2D eigenvalue weighted by molar-refractivity contribution is 9.10. The predicted octanol–water partition coefficient (Wildman–Crippen LogP) is 4.05. The van der Waals surface area contributed by atoms with Crippen molar-refractivity contribution in [2.45, 2.75) is 17.8 Å². The van der Waals surface area contributed by atoms with Crippen molar-refractivity contribution in [2.75, 3.05) is 7.11 Å². The van der Waals surface area contributed by atoms with E-state index in [1.54, 1.807) is 0 Å². The third kappa shape index (κ3) is 2.06. The summed E-state index contributed by atoms with van der Waals surface area (Å²) < 4.78 is 6.08. The lowest BCUT2D eigenvalue weighted by molar-refractivity contribution is -0.143. The Labute approximate surface area is 126 Å². The number of ether oxygens (including phenoxy) is 1. The first-order valence-electron chi connectivity index (χ1n) is 6.58. The van der Waals surface area contributed by atoms with Crippen molar-refractivity contribution in [1.29, 1.82) is 0 Å². The molecule has 0 spiro atoms. The summed E-state index contributed by atoms with van der Waals surface area (Å²) >= 11 is 3.43. The van der Waals surface area contributed by atoms with Crippen LogP contribution in [0.5, 0.6) is 0 Å². The largest absolute Gasteiger partial charge is 0.468 e. The van der Waals surface area contributed by atoms with E-state index in [0.717, 1.165) is 16.5 Å². The van der Waals surface area contributed by atoms with Gasteiger partial charge in [0.25, 0.3) is 0 Å². The van der Waals surface area contributed by atoms with Gasteiger partial charge in [0.2, 0.25) is 0 Å². The molecule has 0 aliphatic heterocycles. The van der Waals surface area contributed by atoms with E-state index < -0.39 is 5.41 Å². The highest BCUT2D eigenvalue weighted by atomic mass is 79.9. The van der Waals surface area contributed by atoms with Gasteiger partial charge in [-0.15, -0.1) is 0 Å². The number of benzene rings is 2. The van der Waals surface area contributed by atoms with Gasteiger partial charge < -0.3 is 4.74 Å². The molecule has 0 saturated heterocycles. The van der Waals surface area contributed by atoms with Crippen LogP contribution in [0.2, 0.25) is 0 Å². The molecule has 0 heterocycles. The minimum absolute atomic E-state index is 0.145. The predicted molar refractivity (Wildman–Crippen MR) is 81.6 cm³/mol. The Hall–Kier alpha value is -1.61. The van der Waals surface area contributed by atoms with Crippen molar-refractivity contribution in [3.8, 4) is 0 Å². The Morgan fingerprint density at radius 3 is 2.40 bits per heavy atom. The second-order valence-corrected chi connectivity index (χ2v) is 6.05. The minimum Gasteiger partial charge on any atom is -0.468 e. The molecule has 0 N–H and O–H groups in total. The molecule has 0 unspecified atom stereocenters. The molecule has 0 amide bonds. The van der Waals surface area contributed by atoms with Crippen LogP contribution in [-0.4, -0.2) is 13.1 Å². The van der Waals surface area contributed by atoms with Gasteiger partial charge in [0.1, 0.15) is 5.41 Å². The van der Waals surface area contributed by atoms with Crippen molar-refractivity contribution in [1.82, 2.24) is 0 Å². The van der Waals surface area contributed by atoms with E-state index in [-0.39, 0.29) is 11.9 Å². The molecule has 3 rings (SSSR count). The molecular weight excluding hydrogens is 316 g/mol. The number of carbonyl (C=O) groups is 1. The number of hydrogen-bond acceptors (Lipinski definition) is 2. The number of carbonyl (C=O) groups excluding carboxylic acids is 1. The fourth-order valence-electron chi connectivity index (χ4n) is 2.94. The summed E-state index contributed by atoms with van der Waals surface area (Å²) in [6.45, 7) is 0. The second kappa shape index (κ2) is 5.06. The van der Waals surface area contributed by atoms with Gasteiger partial charge in [0.05, 0.1) is 7.11 Å². The topological polar surface area (TPSA) is 26.3 Å². The molecule has 3 heteroatoms. The van der Waals surface area contributed by atoms with Crippen LogP contribution in [0.15, 0.2) is 59.1 Å². The Morgan fingerprint density at radius 1 is 1.15 bits per heavy atom. The number of hydrogen-bond donors (Lipinski definition) is 0. The van der Waals surface area contributed by atoms with E-state index in [2.05, 4.69) is 28.1 Å². The molecule has 1 aliphatic rings. The second-order valence-electron chi connectivity index (χ2n) is 5.14. The SMILES string of the molecule is COC(=O)[C@@]1(c2ccc(Br)cc2)C[C@@H]1c1ccccc1. The summed E-state index contributed by atoms with van der Waals surface area (Å²) in [5.41, 5.74) is 1.71. The number of esters is 1. The summed E-state index contributed by atoms with van der Waals surface area (Å²) in [6, 6.07) is 18.1. The molecule has 0 radical (unpaired) electrons. The zero-order chi connectivity index (χ0) is 14.2. The van der Waals surface area contributed by atoms with E-state index in [9.17, 15) is 4.79 Å². The maximum absolute atomic E-state index is 12.3. The van der Waals surface area contributed by atoms with Crippen molar-refractivity contribution in [3.63, 3.8) is 0 Å². The van der Waals surface area contributed by atoms with Crippen molar-refractivity contribution in [2.24, 2.45) is 0 Å². The van der Waals surface area contributed by atoms with E-state index in [0.29, 0.717) is 0 Å². The molecule has 1 aliphatic carbocycles. The fraction of sp³-hybridized carbons (Fsp3) is 0.235. The van der Waals surface area contributed by atoms with Crippen molar-refractivity contribution < 1.29 is 9.53 Å². The summed E-state index contributed by atoms with van der Waals surface area (Å²) in [5, 5.41) is 0. The zero-order valence-electron chi connectivity index (χ0n) is 11.2. The minimum atomic E-state index is -0.517. The lowest BCUT2D eigenvalue weighted by atomic mass is 9.91. The van der Waals surface area contributed by atoms with Gasteiger partial charge in [0.15, 0.2) is 0 Å². The molecule has 2 nitrogen and oxygen atoms in total. The highest BCUT2D eigenvalue weighted by Gasteiger charge is 2.62. The first kappa shape index (κ1) is 13.4. The van der Waals surface area contributed by atoms with Crippen LogP contribution in [0, 0.1) is 0 Å². The third-order valence-corrected chi connectivity index (χ3v) is 4.60. The molecule has 2 atom stereocenters. The van der Waals surface area contributed by atoms with Crippen LogP contribution in [0.25, 0.3) is 0 Å². The summed E-state index contributed by atoms with van der Waals surface area (Å²) in [7, 11) is 1.46. The van der Waals surface area contributed by atoms with Crippen LogP contribution in [-0.2, 0) is 14.9 Å². The summed E-state index contributed by atoms with van der Waals surface area (Å²) in [4.78, 5) is 12.3. The zero-order valence-corrected chi connectivity index (χ0v) is 12.8. The molecule has 2 aromatic carbocycles. The molecule has 102 valence electrons. The van der Waals surface area contributed by atoms with E-state index in [4.69, 9.17) is 4.74 Å². The molecule has 1 saturated carbocycles. The molecule has 0 aromatic heterocycles. The van der Waals surface area contributed by atoms with Crippen LogP contribution in [0.1, 0.15) is 23.5 Å². The smallest absolute Gasteiger partial charge is 0.316 e. The van der Waals surface area contributed by atoms with Gasteiger partial charge in [-0.1, -0.05) is 58.4 Å². The first-order valence-corrected chi connectivity index (χ1v) is 7.37. The Kier molecular flexibility index (Phi) is 3.38. The van der Waals surface area contributed by atoms with Gasteiger partial charge in [-0.3, -0.25) is 4.79 Å². The monoisotopic (exact) mass is 330 g/mol. The first-order chi connectivity index (χ1) is 9.68. The maximum Gasteiger partial charge on any atom is 0.316 e. The van der Waals surface area contributed by atoms with Crippen LogP contribution >= 0.6 is 15.9 Å². The average Bonchev–Trinajstić information content (AvgIpc) is 3.25. The molecule has 0 bridgehead atoms. The van der Waals surface area contributed by atoms with Crippen LogP contribution in [0.4, 0.5) is 0 Å². The lowest BCUT2D eigenvalue weighted by Crippen LogP contribution is -2.24. The molecule has 1 fully saturated rings. The third-order valence-electron chi connectivity index (χ3n) is 4.07. The normalized spacial score (nSPS) is 24.2. The van der Waals surface area contributed by atoms with Gasteiger partial charge >= 0.3 is 5.97 Å². The maximum atomic E-state index is 12.3. The van der Waals surface area contributed by atoms with Crippen LogP contribution in [0.3, 0.4) is 0 Å². The number of rotatable bonds is 3. The van der Waals surface area contributed by atoms with E-state index in [1.165, 1.54) is 12.7 Å². The Morgan fingerprint density at radius 2 is 1.80 bits per heavy atom. The van der Waals surface area contributed by atoms with Crippen molar-refractivity contribution in [3.05, 3.63) is 70.2 Å². The Bertz CT molecular complexity index is 621. The van der Waals surface area contributed by atoms with Gasteiger partial charge in [-0.25, -0.2) is 0 Å². The van der Waals surface area contributed by atoms with Gasteiger partial charge in [0, 0.05) is 10.4 Å². The quantitative estimate of drug-likeness (QED) is 0.793. The fourth-order valence-corrected chi connectivity index (χ4v) is 3.21. The summed E-state index contributed by atoms with van der Waals surface area (Å²) in [6.07, 6.45) is 0.811. The van der Waals surface area contributed by atoms with Gasteiger partial charge in [-0.2, -0.15) is 0 Å². The van der Waals surface area contributed by atoms with Gasteiger partial charge in [-0.05, 0) is 29.7 Å². The van der Waals surface area contributed by atoms with E-state index >= 15 is 0 Å². The lowest BCUT2D eigenvalue weighted by Gasteiger charge is -2.16. The molecular formula is C17H15BrO2. The molecule has 2 aromatic rings. The number of halogens is 1. The van der Waals surface area contributed by atoms with E-state index in [1.807, 2.05) is 42.5 Å². The average molecular weight is 331 g/mol. The highest BCUT2D eigenvalue weighted by Crippen LogP contribution is 2.61. The molecule has 20 heavy (non-hydrogen) atoms. The van der Waals surface area contributed by atoms with Crippen LogP contribution < -0.4 is 0 Å². The standard InChI is InChI=1S/C17H15BrO2/c1-20-16(19)17(13-7-9-14(18)10-8-13)11-15(17)12-5-3-2-4-6-12/h2-10,15H,11H2,1H3/t15-,17-/m1/s1. The summed E-state index contributed by atoms with van der Waals surface area (Å²) in [5.74, 6) is 0.0611. The van der Waals surface area contributed by atoms with Crippen molar-refractivity contribution >= 4 is 21.9 Å².